The number of pyridine rings is 1. The predicted octanol–water partition coefficient (Wildman–Crippen LogP) is 4.09. The number of unbranched alkanes of at least 4 members (excludes halogenated alkanes) is 3. The van der Waals surface area contributed by atoms with Gasteiger partial charge in [0, 0.05) is 25.3 Å². The fourth-order valence-corrected chi connectivity index (χ4v) is 2.69. The summed E-state index contributed by atoms with van der Waals surface area (Å²) >= 11 is 5.95. The quantitative estimate of drug-likeness (QED) is 0.286. The molecule has 148 valence electrons. The fourth-order valence-electron chi connectivity index (χ4n) is 2.53. The highest BCUT2D eigenvalue weighted by molar-refractivity contribution is 6.29. The van der Waals surface area contributed by atoms with Gasteiger partial charge in [-0.2, -0.15) is 0 Å². The van der Waals surface area contributed by atoms with Crippen LogP contribution in [0.4, 0.5) is 0 Å². The van der Waals surface area contributed by atoms with E-state index >= 15 is 0 Å². The van der Waals surface area contributed by atoms with Crippen LogP contribution < -0.4 is 0 Å². The number of halogens is 1. The van der Waals surface area contributed by atoms with Crippen LogP contribution in [0, 0.1) is 0 Å². The lowest BCUT2D eigenvalue weighted by Gasteiger charge is -2.13. The molecule has 26 heavy (non-hydrogen) atoms. The van der Waals surface area contributed by atoms with Gasteiger partial charge in [-0.3, -0.25) is 0 Å². The Morgan fingerprint density at radius 3 is 2.58 bits per heavy atom. The van der Waals surface area contributed by atoms with Gasteiger partial charge in [0.2, 0.25) is 0 Å². The van der Waals surface area contributed by atoms with Gasteiger partial charge in [-0.25, -0.2) is 4.98 Å². The standard InChI is InChI=1S/C19H28ClNO3.CH4O/c1-2-3-4-9-16(23)10-7-8-15-13-19(20)21-14-17(15)18(24)11-5-6-12-22;1-2/h7-8,12-14,16,18,23-24H,2-6,9-11H2,1H3;2H,1H3/b8-7+;. The number of carbonyl (C=O) groups excluding carboxylic acids is 1. The first-order valence-corrected chi connectivity index (χ1v) is 9.52. The van der Waals surface area contributed by atoms with Crippen molar-refractivity contribution < 1.29 is 20.1 Å². The molecule has 0 amide bonds. The molecule has 0 spiro atoms. The van der Waals surface area contributed by atoms with Crippen LogP contribution in [0.2, 0.25) is 5.15 Å². The Morgan fingerprint density at radius 1 is 1.19 bits per heavy atom. The Bertz CT molecular complexity index is 523. The van der Waals surface area contributed by atoms with Crippen molar-refractivity contribution in [1.82, 2.24) is 4.98 Å². The molecule has 0 aliphatic heterocycles. The largest absolute Gasteiger partial charge is 0.400 e. The Labute approximate surface area is 161 Å². The number of aliphatic hydroxyl groups is 3. The lowest BCUT2D eigenvalue weighted by Crippen LogP contribution is -2.04. The van der Waals surface area contributed by atoms with Crippen molar-refractivity contribution in [3.8, 4) is 0 Å². The Hall–Kier alpha value is -1.27. The summed E-state index contributed by atoms with van der Waals surface area (Å²) in [5, 5.41) is 27.6. The van der Waals surface area contributed by atoms with Gasteiger partial charge in [0.05, 0.1) is 12.2 Å². The zero-order valence-corrected chi connectivity index (χ0v) is 16.5. The maximum absolute atomic E-state index is 10.4. The summed E-state index contributed by atoms with van der Waals surface area (Å²) in [5.74, 6) is 0. The van der Waals surface area contributed by atoms with E-state index in [1.807, 2.05) is 12.2 Å². The zero-order chi connectivity index (χ0) is 19.8. The molecular formula is C20H32ClNO4. The first kappa shape index (κ1) is 24.7. The molecule has 1 heterocycles. The van der Waals surface area contributed by atoms with Crippen molar-refractivity contribution in [3.63, 3.8) is 0 Å². The third-order valence-electron chi connectivity index (χ3n) is 3.94. The highest BCUT2D eigenvalue weighted by Crippen LogP contribution is 2.25. The second kappa shape index (κ2) is 15.9. The van der Waals surface area contributed by atoms with Gasteiger partial charge in [-0.05, 0) is 37.3 Å². The van der Waals surface area contributed by atoms with Crippen molar-refractivity contribution >= 4 is 24.0 Å². The zero-order valence-electron chi connectivity index (χ0n) is 15.8. The molecule has 2 atom stereocenters. The molecule has 0 aromatic carbocycles. The lowest BCUT2D eigenvalue weighted by molar-refractivity contribution is -0.108. The molecule has 0 saturated heterocycles. The van der Waals surface area contributed by atoms with E-state index in [9.17, 15) is 15.0 Å². The molecule has 1 aromatic heterocycles. The van der Waals surface area contributed by atoms with E-state index < -0.39 is 6.10 Å². The molecule has 0 radical (unpaired) electrons. The maximum atomic E-state index is 10.4. The van der Waals surface area contributed by atoms with Crippen LogP contribution >= 0.6 is 11.6 Å². The average molecular weight is 386 g/mol. The van der Waals surface area contributed by atoms with Crippen LogP contribution in [0.3, 0.4) is 0 Å². The van der Waals surface area contributed by atoms with E-state index in [0.717, 1.165) is 44.6 Å². The third kappa shape index (κ3) is 10.7. The van der Waals surface area contributed by atoms with Gasteiger partial charge >= 0.3 is 0 Å². The summed E-state index contributed by atoms with van der Waals surface area (Å²) in [4.78, 5) is 14.4. The predicted molar refractivity (Wildman–Crippen MR) is 106 cm³/mol. The second-order valence-electron chi connectivity index (χ2n) is 6.04. The summed E-state index contributed by atoms with van der Waals surface area (Å²) in [6, 6.07) is 1.71. The summed E-state index contributed by atoms with van der Waals surface area (Å²) in [5.41, 5.74) is 1.50. The number of hydrogen-bond acceptors (Lipinski definition) is 5. The van der Waals surface area contributed by atoms with Crippen LogP contribution in [0.25, 0.3) is 6.08 Å². The fraction of sp³-hybridized carbons (Fsp3) is 0.600. The number of aromatic nitrogens is 1. The molecular weight excluding hydrogens is 354 g/mol. The minimum Gasteiger partial charge on any atom is -0.400 e. The number of rotatable bonds is 12. The van der Waals surface area contributed by atoms with Gasteiger partial charge < -0.3 is 20.1 Å². The van der Waals surface area contributed by atoms with E-state index in [4.69, 9.17) is 16.7 Å². The van der Waals surface area contributed by atoms with Crippen LogP contribution in [0.1, 0.15) is 75.5 Å². The topological polar surface area (TPSA) is 90.7 Å². The molecule has 1 aromatic rings. The average Bonchev–Trinajstić information content (AvgIpc) is 2.64. The first-order chi connectivity index (χ1) is 12.6. The summed E-state index contributed by atoms with van der Waals surface area (Å²) in [7, 11) is 1.00. The minimum absolute atomic E-state index is 0.342. The molecule has 0 aliphatic carbocycles. The van der Waals surface area contributed by atoms with Gasteiger partial charge in [0.15, 0.2) is 0 Å². The van der Waals surface area contributed by atoms with Crippen molar-refractivity contribution in [1.29, 1.82) is 0 Å². The Morgan fingerprint density at radius 2 is 1.92 bits per heavy atom. The molecule has 0 saturated carbocycles. The van der Waals surface area contributed by atoms with Gasteiger partial charge in [-0.1, -0.05) is 49.9 Å². The van der Waals surface area contributed by atoms with Crippen molar-refractivity contribution in [2.75, 3.05) is 7.11 Å². The van der Waals surface area contributed by atoms with Gasteiger partial charge in [0.1, 0.15) is 11.4 Å². The smallest absolute Gasteiger partial charge is 0.129 e. The molecule has 6 heteroatoms. The summed E-state index contributed by atoms with van der Waals surface area (Å²) in [6.07, 6.45) is 11.4. The molecule has 1 rings (SSSR count). The highest BCUT2D eigenvalue weighted by Gasteiger charge is 2.12. The number of carbonyl (C=O) groups is 1. The number of nitrogens with zero attached hydrogens (tertiary/aromatic N) is 1. The molecule has 5 nitrogen and oxygen atoms in total. The summed E-state index contributed by atoms with van der Waals surface area (Å²) < 4.78 is 0. The second-order valence-corrected chi connectivity index (χ2v) is 6.42. The third-order valence-corrected chi connectivity index (χ3v) is 4.15. The number of aliphatic hydroxyl groups excluding tert-OH is 3. The number of aldehydes is 1. The van der Waals surface area contributed by atoms with Crippen LogP contribution in [0.15, 0.2) is 18.3 Å². The molecule has 0 aliphatic rings. The van der Waals surface area contributed by atoms with Crippen LogP contribution in [-0.4, -0.2) is 39.8 Å². The van der Waals surface area contributed by atoms with Crippen molar-refractivity contribution in [2.45, 2.75) is 70.5 Å². The van der Waals surface area contributed by atoms with E-state index in [0.29, 0.717) is 36.4 Å². The molecule has 2 unspecified atom stereocenters. The van der Waals surface area contributed by atoms with Crippen LogP contribution in [0.5, 0.6) is 0 Å². The first-order valence-electron chi connectivity index (χ1n) is 9.15. The minimum atomic E-state index is -0.677. The summed E-state index contributed by atoms with van der Waals surface area (Å²) in [6.45, 7) is 2.14. The SMILES string of the molecule is CCCCCC(O)C/C=C/c1cc(Cl)ncc1C(O)CCCC=O.CO. The van der Waals surface area contributed by atoms with E-state index in [-0.39, 0.29) is 6.10 Å². The molecule has 0 bridgehead atoms. The Balaban J connectivity index is 0.00000301. The Kier molecular flexibility index (Phi) is 15.2. The van der Waals surface area contributed by atoms with E-state index in [1.54, 1.807) is 12.3 Å². The van der Waals surface area contributed by atoms with E-state index in [2.05, 4.69) is 11.9 Å². The number of hydrogen-bond donors (Lipinski definition) is 3. The monoisotopic (exact) mass is 385 g/mol. The lowest BCUT2D eigenvalue weighted by atomic mass is 9.99. The van der Waals surface area contributed by atoms with Crippen molar-refractivity contribution in [2.24, 2.45) is 0 Å². The molecule has 3 N–H and O–H groups in total. The van der Waals surface area contributed by atoms with Gasteiger partial charge in [0.25, 0.3) is 0 Å². The molecule has 0 fully saturated rings. The van der Waals surface area contributed by atoms with Gasteiger partial charge in [-0.15, -0.1) is 0 Å². The van der Waals surface area contributed by atoms with E-state index in [1.165, 1.54) is 0 Å². The normalized spacial score (nSPS) is 13.2. The maximum Gasteiger partial charge on any atom is 0.129 e. The van der Waals surface area contributed by atoms with Crippen LogP contribution in [-0.2, 0) is 4.79 Å². The highest BCUT2D eigenvalue weighted by atomic mass is 35.5. The van der Waals surface area contributed by atoms with Crippen molar-refractivity contribution in [3.05, 3.63) is 34.6 Å².